The van der Waals surface area contributed by atoms with Gasteiger partial charge in [0, 0.05) is 42.0 Å². The molecule has 0 aliphatic carbocycles. The van der Waals surface area contributed by atoms with Gasteiger partial charge in [-0.2, -0.15) is 0 Å². The maximum atomic E-state index is 4.77. The molecule has 0 unspecified atom stereocenters. The van der Waals surface area contributed by atoms with E-state index in [1.165, 1.54) is 15.3 Å². The van der Waals surface area contributed by atoms with Crippen LogP contribution in [0, 0.1) is 6.92 Å². The van der Waals surface area contributed by atoms with Crippen LogP contribution in [0.5, 0.6) is 0 Å². The van der Waals surface area contributed by atoms with Crippen LogP contribution < -0.4 is 10.6 Å². The van der Waals surface area contributed by atoms with Crippen molar-refractivity contribution >= 4 is 41.3 Å². The molecule has 0 bridgehead atoms. The molecule has 0 radical (unpaired) electrons. The van der Waals surface area contributed by atoms with Crippen LogP contribution in [0.25, 0.3) is 0 Å². The van der Waals surface area contributed by atoms with E-state index in [0.29, 0.717) is 6.04 Å². The van der Waals surface area contributed by atoms with Gasteiger partial charge in [-0.3, -0.25) is 4.90 Å². The highest BCUT2D eigenvalue weighted by molar-refractivity contribution is 14.0. The van der Waals surface area contributed by atoms with Crippen molar-refractivity contribution in [2.45, 2.75) is 45.8 Å². The summed E-state index contributed by atoms with van der Waals surface area (Å²) in [5.41, 5.74) is 1.40. The molecule has 1 aromatic heterocycles. The number of thiophene rings is 1. The summed E-state index contributed by atoms with van der Waals surface area (Å²) in [6, 6.07) is 15.6. The normalized spacial score (nSPS) is 16.0. The van der Waals surface area contributed by atoms with Crippen LogP contribution in [0.1, 0.15) is 35.1 Å². The van der Waals surface area contributed by atoms with E-state index in [-0.39, 0.29) is 24.0 Å². The molecule has 0 atom stereocenters. The fourth-order valence-electron chi connectivity index (χ4n) is 3.32. The average Bonchev–Trinajstić information content (AvgIpc) is 3.08. The molecule has 2 N–H and O–H groups in total. The van der Waals surface area contributed by atoms with Crippen molar-refractivity contribution in [1.82, 2.24) is 15.5 Å². The lowest BCUT2D eigenvalue weighted by Crippen LogP contribution is -2.48. The Morgan fingerprint density at radius 3 is 2.52 bits per heavy atom. The van der Waals surface area contributed by atoms with Gasteiger partial charge in [-0.1, -0.05) is 30.3 Å². The number of piperidine rings is 1. The molecule has 2 aromatic rings. The summed E-state index contributed by atoms with van der Waals surface area (Å²) in [7, 11) is 0. The standard InChI is InChI=1S/C21H30N4S.HI/c1-3-22-21(23-15-20-10-9-17(2)26-20)24-19-11-13-25(14-12-19)16-18-7-5-4-6-8-18;/h4-10,19H,3,11-16H2,1-2H3,(H2,22,23,24);1H. The predicted molar refractivity (Wildman–Crippen MR) is 127 cm³/mol. The van der Waals surface area contributed by atoms with E-state index in [1.807, 2.05) is 11.3 Å². The number of hydrogen-bond donors (Lipinski definition) is 2. The molecule has 27 heavy (non-hydrogen) atoms. The quantitative estimate of drug-likeness (QED) is 0.353. The number of aryl methyl sites for hydroxylation is 1. The van der Waals surface area contributed by atoms with Gasteiger partial charge >= 0.3 is 0 Å². The van der Waals surface area contributed by atoms with Gasteiger partial charge in [0.25, 0.3) is 0 Å². The highest BCUT2D eigenvalue weighted by atomic mass is 127. The lowest BCUT2D eigenvalue weighted by Gasteiger charge is -2.33. The van der Waals surface area contributed by atoms with E-state index in [1.54, 1.807) is 0 Å². The van der Waals surface area contributed by atoms with E-state index < -0.39 is 0 Å². The lowest BCUT2D eigenvalue weighted by atomic mass is 10.0. The zero-order valence-electron chi connectivity index (χ0n) is 16.3. The van der Waals surface area contributed by atoms with Gasteiger partial charge in [-0.05, 0) is 44.4 Å². The molecule has 0 amide bonds. The molecule has 0 spiro atoms. The third-order valence-corrected chi connectivity index (χ3v) is 5.70. The zero-order valence-corrected chi connectivity index (χ0v) is 19.4. The van der Waals surface area contributed by atoms with Crippen molar-refractivity contribution in [3.05, 3.63) is 57.8 Å². The first-order valence-corrected chi connectivity index (χ1v) is 10.4. The Kier molecular flexibility index (Phi) is 9.58. The van der Waals surface area contributed by atoms with Crippen molar-refractivity contribution in [1.29, 1.82) is 0 Å². The van der Waals surface area contributed by atoms with E-state index >= 15 is 0 Å². The zero-order chi connectivity index (χ0) is 18.2. The highest BCUT2D eigenvalue weighted by Crippen LogP contribution is 2.16. The van der Waals surface area contributed by atoms with E-state index in [2.05, 4.69) is 71.8 Å². The molecule has 6 heteroatoms. The first kappa shape index (κ1) is 22.2. The summed E-state index contributed by atoms with van der Waals surface area (Å²) in [6.07, 6.45) is 2.32. The third-order valence-electron chi connectivity index (χ3n) is 4.71. The minimum absolute atomic E-state index is 0. The van der Waals surface area contributed by atoms with Crippen LogP contribution in [0.3, 0.4) is 0 Å². The van der Waals surface area contributed by atoms with Gasteiger partial charge in [0.1, 0.15) is 0 Å². The summed E-state index contributed by atoms with van der Waals surface area (Å²) in [6.45, 7) is 9.23. The predicted octanol–water partition coefficient (Wildman–Crippen LogP) is 4.39. The molecule has 1 aliphatic rings. The molecule has 4 nitrogen and oxygen atoms in total. The SMILES string of the molecule is CCNC(=NCc1ccc(C)s1)NC1CCN(Cc2ccccc2)CC1.I. The van der Waals surface area contributed by atoms with Crippen molar-refractivity contribution in [3.63, 3.8) is 0 Å². The second-order valence-corrected chi connectivity index (χ2v) is 8.26. The molecule has 148 valence electrons. The largest absolute Gasteiger partial charge is 0.357 e. The second kappa shape index (κ2) is 11.7. The van der Waals surface area contributed by atoms with Gasteiger partial charge < -0.3 is 10.6 Å². The van der Waals surface area contributed by atoms with Crippen molar-refractivity contribution in [2.24, 2.45) is 4.99 Å². The monoisotopic (exact) mass is 498 g/mol. The van der Waals surface area contributed by atoms with Gasteiger partial charge in [0.05, 0.1) is 6.54 Å². The third kappa shape index (κ3) is 7.43. The van der Waals surface area contributed by atoms with Crippen LogP contribution in [0.4, 0.5) is 0 Å². The van der Waals surface area contributed by atoms with E-state index in [9.17, 15) is 0 Å². The van der Waals surface area contributed by atoms with Crippen LogP contribution in [-0.4, -0.2) is 36.5 Å². The number of guanidine groups is 1. The summed E-state index contributed by atoms with van der Waals surface area (Å²) in [5.74, 6) is 0.945. The first-order chi connectivity index (χ1) is 12.7. The van der Waals surface area contributed by atoms with E-state index in [4.69, 9.17) is 4.99 Å². The molecule has 1 fully saturated rings. The first-order valence-electron chi connectivity index (χ1n) is 9.59. The fourth-order valence-corrected chi connectivity index (χ4v) is 4.13. The molecule has 0 saturated carbocycles. The molecule has 3 rings (SSSR count). The smallest absolute Gasteiger partial charge is 0.191 e. The number of rotatable bonds is 6. The summed E-state index contributed by atoms with van der Waals surface area (Å²) < 4.78 is 0. The molecule has 2 heterocycles. The average molecular weight is 498 g/mol. The van der Waals surface area contributed by atoms with Crippen molar-refractivity contribution in [2.75, 3.05) is 19.6 Å². The van der Waals surface area contributed by atoms with E-state index in [0.717, 1.165) is 51.5 Å². The Balaban J connectivity index is 0.00000261. The number of likely N-dealkylation sites (tertiary alicyclic amines) is 1. The number of hydrogen-bond acceptors (Lipinski definition) is 3. The molecular weight excluding hydrogens is 467 g/mol. The maximum Gasteiger partial charge on any atom is 0.191 e. The fraction of sp³-hybridized carbons (Fsp3) is 0.476. The Labute approximate surface area is 184 Å². The Morgan fingerprint density at radius 2 is 1.89 bits per heavy atom. The highest BCUT2D eigenvalue weighted by Gasteiger charge is 2.20. The molecule has 1 aromatic carbocycles. The number of aliphatic imine (C=N–C) groups is 1. The summed E-state index contributed by atoms with van der Waals surface area (Å²) in [4.78, 5) is 9.98. The topological polar surface area (TPSA) is 39.7 Å². The summed E-state index contributed by atoms with van der Waals surface area (Å²) in [5, 5.41) is 7.02. The van der Waals surface area contributed by atoms with Gasteiger partial charge in [-0.25, -0.2) is 4.99 Å². The van der Waals surface area contributed by atoms with Gasteiger partial charge in [-0.15, -0.1) is 35.3 Å². The number of benzene rings is 1. The van der Waals surface area contributed by atoms with Crippen LogP contribution in [0.15, 0.2) is 47.5 Å². The molecule has 1 saturated heterocycles. The lowest BCUT2D eigenvalue weighted by molar-refractivity contribution is 0.198. The number of nitrogens with zero attached hydrogens (tertiary/aromatic N) is 2. The van der Waals surface area contributed by atoms with Crippen LogP contribution in [-0.2, 0) is 13.1 Å². The summed E-state index contributed by atoms with van der Waals surface area (Å²) >= 11 is 1.83. The maximum absolute atomic E-state index is 4.77. The number of nitrogens with one attached hydrogen (secondary N) is 2. The molecule has 1 aliphatic heterocycles. The second-order valence-electron chi connectivity index (χ2n) is 6.89. The van der Waals surface area contributed by atoms with Crippen molar-refractivity contribution in [3.8, 4) is 0 Å². The number of halogens is 1. The van der Waals surface area contributed by atoms with Gasteiger partial charge in [0.2, 0.25) is 0 Å². The van der Waals surface area contributed by atoms with Gasteiger partial charge in [0.15, 0.2) is 5.96 Å². The minimum Gasteiger partial charge on any atom is -0.357 e. The Bertz CT molecular complexity index is 693. The van der Waals surface area contributed by atoms with Crippen LogP contribution >= 0.6 is 35.3 Å². The Hall–Kier alpha value is -1.12. The van der Waals surface area contributed by atoms with Crippen molar-refractivity contribution < 1.29 is 0 Å². The minimum atomic E-state index is 0. The van der Waals surface area contributed by atoms with Crippen LogP contribution in [0.2, 0.25) is 0 Å². The molecular formula is C21H31IN4S. The Morgan fingerprint density at radius 1 is 1.15 bits per heavy atom.